The van der Waals surface area contributed by atoms with Gasteiger partial charge in [-0.25, -0.2) is 9.78 Å². The molecule has 4 fully saturated rings. The Morgan fingerprint density at radius 2 is 1.84 bits per heavy atom. The van der Waals surface area contributed by atoms with E-state index >= 15 is 0 Å². The third-order valence-corrected chi connectivity index (χ3v) is 7.56. The summed E-state index contributed by atoms with van der Waals surface area (Å²) < 4.78 is 0. The Balaban J connectivity index is 1.14. The molecule has 0 saturated carbocycles. The number of rotatable bonds is 2. The number of aromatic nitrogens is 2. The molecule has 0 unspecified atom stereocenters. The van der Waals surface area contributed by atoms with Gasteiger partial charge in [0.1, 0.15) is 5.69 Å². The van der Waals surface area contributed by atoms with Gasteiger partial charge in [-0.2, -0.15) is 0 Å². The molecule has 0 spiro atoms. The number of nitrogens with one attached hydrogen (secondary N) is 1. The fourth-order valence-electron chi connectivity index (χ4n) is 5.95. The number of hydrogen-bond donors (Lipinski definition) is 1. The summed E-state index contributed by atoms with van der Waals surface area (Å²) in [6.45, 7) is 5.43. The highest BCUT2D eigenvalue weighted by Crippen LogP contribution is 2.38. The van der Waals surface area contributed by atoms with Gasteiger partial charge in [0.25, 0.3) is 5.91 Å². The van der Waals surface area contributed by atoms with E-state index in [1.54, 1.807) is 6.20 Å². The van der Waals surface area contributed by atoms with E-state index in [2.05, 4.69) is 20.2 Å². The van der Waals surface area contributed by atoms with Crippen molar-refractivity contribution in [3.05, 3.63) is 23.8 Å². The Morgan fingerprint density at radius 3 is 2.59 bits per heavy atom. The molecule has 4 aliphatic rings. The number of piperidine rings is 4. The Hall–Kier alpha value is -2.71. The standard InChI is InChI=1S/C23H32N6O3/c1-15-10-25-19(11-24-15)22(31)26-18-5-7-27(8-6-18)23(32)28-12-16-9-17(14-28)20-3-2-4-21(30)29(20)13-16/h10-11,16-18,20H,2-9,12-14H2,1H3,(H,26,31)/t16-,17-,20-/m1/s1. The third-order valence-electron chi connectivity index (χ3n) is 7.56. The lowest BCUT2D eigenvalue weighted by molar-refractivity contribution is -0.144. The van der Waals surface area contributed by atoms with E-state index in [1.807, 2.05) is 16.7 Å². The fraction of sp³-hybridized carbons (Fsp3) is 0.696. The second kappa shape index (κ2) is 8.67. The summed E-state index contributed by atoms with van der Waals surface area (Å²) in [6.07, 6.45) is 8.42. The first-order valence-electron chi connectivity index (χ1n) is 11.9. The van der Waals surface area contributed by atoms with E-state index in [1.165, 1.54) is 6.20 Å². The van der Waals surface area contributed by atoms with Crippen LogP contribution < -0.4 is 5.32 Å². The van der Waals surface area contributed by atoms with E-state index in [-0.39, 0.29) is 18.0 Å². The van der Waals surface area contributed by atoms with Crippen molar-refractivity contribution in [3.63, 3.8) is 0 Å². The molecule has 172 valence electrons. The summed E-state index contributed by atoms with van der Waals surface area (Å²) in [5.41, 5.74) is 1.10. The molecule has 4 saturated heterocycles. The monoisotopic (exact) mass is 440 g/mol. The maximum atomic E-state index is 13.3. The van der Waals surface area contributed by atoms with Gasteiger partial charge in [0.2, 0.25) is 5.91 Å². The lowest BCUT2D eigenvalue weighted by Gasteiger charge is -2.53. The maximum absolute atomic E-state index is 13.3. The van der Waals surface area contributed by atoms with Gasteiger partial charge in [-0.05, 0) is 50.9 Å². The van der Waals surface area contributed by atoms with Crippen LogP contribution in [0.2, 0.25) is 0 Å². The zero-order chi connectivity index (χ0) is 22.2. The van der Waals surface area contributed by atoms with Gasteiger partial charge in [0, 0.05) is 57.4 Å². The van der Waals surface area contributed by atoms with Crippen LogP contribution in [-0.2, 0) is 4.79 Å². The first-order chi connectivity index (χ1) is 15.5. The fourth-order valence-corrected chi connectivity index (χ4v) is 5.95. The molecule has 2 bridgehead atoms. The lowest BCUT2D eigenvalue weighted by Crippen LogP contribution is -2.62. The predicted molar refractivity (Wildman–Crippen MR) is 117 cm³/mol. The van der Waals surface area contributed by atoms with Crippen LogP contribution in [0.4, 0.5) is 4.79 Å². The van der Waals surface area contributed by atoms with E-state index < -0.39 is 0 Å². The quantitative estimate of drug-likeness (QED) is 0.750. The van der Waals surface area contributed by atoms with Crippen LogP contribution in [0.3, 0.4) is 0 Å². The van der Waals surface area contributed by atoms with Gasteiger partial charge in [0.15, 0.2) is 0 Å². The molecule has 0 aliphatic carbocycles. The number of fused-ring (bicyclic) bond motifs is 4. The molecule has 0 aromatic carbocycles. The number of aryl methyl sites for hydroxylation is 1. The molecule has 0 radical (unpaired) electrons. The molecule has 9 heteroatoms. The number of carbonyl (C=O) groups excluding carboxylic acids is 3. The Morgan fingerprint density at radius 1 is 1.03 bits per heavy atom. The minimum Gasteiger partial charge on any atom is -0.348 e. The van der Waals surface area contributed by atoms with Crippen molar-refractivity contribution < 1.29 is 14.4 Å². The van der Waals surface area contributed by atoms with Gasteiger partial charge >= 0.3 is 6.03 Å². The normalized spacial score (nSPS) is 28.3. The molecule has 9 nitrogen and oxygen atoms in total. The number of amides is 4. The Bertz CT molecular complexity index is 882. The van der Waals surface area contributed by atoms with Crippen LogP contribution in [-0.4, -0.2) is 87.3 Å². The summed E-state index contributed by atoms with van der Waals surface area (Å²) >= 11 is 0. The smallest absolute Gasteiger partial charge is 0.320 e. The van der Waals surface area contributed by atoms with Gasteiger partial charge in [-0.1, -0.05) is 0 Å². The lowest BCUT2D eigenvalue weighted by atomic mass is 9.76. The number of likely N-dealkylation sites (tertiary alicyclic amines) is 2. The van der Waals surface area contributed by atoms with Gasteiger partial charge < -0.3 is 20.0 Å². The van der Waals surface area contributed by atoms with Crippen molar-refractivity contribution in [3.8, 4) is 0 Å². The molecule has 1 aromatic rings. The second-order valence-electron chi connectivity index (χ2n) is 9.83. The minimum atomic E-state index is -0.210. The Labute approximate surface area is 188 Å². The molecule has 32 heavy (non-hydrogen) atoms. The second-order valence-corrected chi connectivity index (χ2v) is 9.83. The van der Waals surface area contributed by atoms with Crippen molar-refractivity contribution >= 4 is 17.8 Å². The van der Waals surface area contributed by atoms with Crippen molar-refractivity contribution in [2.45, 2.75) is 57.5 Å². The molecule has 4 amide bonds. The molecule has 1 aromatic heterocycles. The molecule has 5 rings (SSSR count). The predicted octanol–water partition coefficient (Wildman–Crippen LogP) is 1.43. The van der Waals surface area contributed by atoms with E-state index in [9.17, 15) is 14.4 Å². The highest BCUT2D eigenvalue weighted by Gasteiger charge is 2.45. The van der Waals surface area contributed by atoms with Gasteiger partial charge in [-0.15, -0.1) is 0 Å². The average molecular weight is 441 g/mol. The van der Waals surface area contributed by atoms with Crippen LogP contribution in [0.5, 0.6) is 0 Å². The summed E-state index contributed by atoms with van der Waals surface area (Å²) in [7, 11) is 0. The van der Waals surface area contributed by atoms with Crippen LogP contribution >= 0.6 is 0 Å². The van der Waals surface area contributed by atoms with E-state index in [0.29, 0.717) is 49.0 Å². The number of nitrogens with zero attached hydrogens (tertiary/aromatic N) is 5. The third kappa shape index (κ3) is 4.17. The summed E-state index contributed by atoms with van der Waals surface area (Å²) in [5, 5.41) is 3.03. The topological polar surface area (TPSA) is 98.7 Å². The van der Waals surface area contributed by atoms with Crippen LogP contribution in [0.1, 0.15) is 54.7 Å². The zero-order valence-corrected chi connectivity index (χ0v) is 18.7. The number of hydrogen-bond acceptors (Lipinski definition) is 5. The van der Waals surface area contributed by atoms with Crippen molar-refractivity contribution in [1.82, 2.24) is 30.0 Å². The largest absolute Gasteiger partial charge is 0.348 e. The maximum Gasteiger partial charge on any atom is 0.320 e. The van der Waals surface area contributed by atoms with Crippen LogP contribution in [0.25, 0.3) is 0 Å². The van der Waals surface area contributed by atoms with Crippen LogP contribution in [0.15, 0.2) is 12.4 Å². The van der Waals surface area contributed by atoms with Crippen molar-refractivity contribution in [1.29, 1.82) is 0 Å². The highest BCUT2D eigenvalue weighted by atomic mass is 16.2. The van der Waals surface area contributed by atoms with Crippen molar-refractivity contribution in [2.24, 2.45) is 11.8 Å². The summed E-state index contributed by atoms with van der Waals surface area (Å²) in [6, 6.07) is 0.468. The number of urea groups is 1. The number of carbonyl (C=O) groups is 3. The summed E-state index contributed by atoms with van der Waals surface area (Å²) in [5.74, 6) is 0.890. The van der Waals surface area contributed by atoms with Crippen LogP contribution in [0, 0.1) is 18.8 Å². The first-order valence-corrected chi connectivity index (χ1v) is 11.9. The first kappa shape index (κ1) is 21.2. The zero-order valence-electron chi connectivity index (χ0n) is 18.7. The van der Waals surface area contributed by atoms with Gasteiger partial charge in [-0.3, -0.25) is 14.6 Å². The minimum absolute atomic E-state index is 0.0391. The SMILES string of the molecule is Cc1cnc(C(=O)NC2CCN(C(=O)N3C[C@H]4C[C@H](C3)[C@H]3CCCC(=O)N3C4)CC2)cn1. The molecule has 1 N–H and O–H groups in total. The van der Waals surface area contributed by atoms with Crippen molar-refractivity contribution in [2.75, 3.05) is 32.7 Å². The Kier molecular flexibility index (Phi) is 5.73. The molecule has 4 aliphatic heterocycles. The molecule has 5 heterocycles. The van der Waals surface area contributed by atoms with Gasteiger partial charge in [0.05, 0.1) is 11.9 Å². The van der Waals surface area contributed by atoms with E-state index in [0.717, 1.165) is 57.4 Å². The average Bonchev–Trinajstić information content (AvgIpc) is 2.80. The molecular formula is C23H32N6O3. The molecular weight excluding hydrogens is 408 g/mol. The highest BCUT2D eigenvalue weighted by molar-refractivity contribution is 5.92. The summed E-state index contributed by atoms with van der Waals surface area (Å²) in [4.78, 5) is 52.3. The molecule has 3 atom stereocenters. The van der Waals surface area contributed by atoms with E-state index in [4.69, 9.17) is 0 Å².